The van der Waals surface area contributed by atoms with E-state index >= 15 is 0 Å². The predicted molar refractivity (Wildman–Crippen MR) is 96.4 cm³/mol. The monoisotopic (exact) mass is 347 g/mol. The Labute approximate surface area is 149 Å². The summed E-state index contributed by atoms with van der Waals surface area (Å²) in [6.45, 7) is 3.31. The summed E-state index contributed by atoms with van der Waals surface area (Å²) in [5.41, 5.74) is 1.67. The average Bonchev–Trinajstić information content (AvgIpc) is 2.61. The van der Waals surface area contributed by atoms with E-state index in [1.165, 1.54) is 6.42 Å². The Morgan fingerprint density at radius 2 is 1.75 bits per heavy atom. The predicted octanol–water partition coefficient (Wildman–Crippen LogP) is 4.65. The molecule has 1 aliphatic carbocycles. The third-order valence-corrected chi connectivity index (χ3v) is 5.75. The molecule has 0 aromatic heterocycles. The van der Waals surface area contributed by atoms with E-state index in [0.717, 1.165) is 56.2 Å². The van der Waals surface area contributed by atoms with E-state index in [1.807, 2.05) is 24.0 Å². The lowest BCUT2D eigenvalue weighted by Gasteiger charge is -2.35. The molecule has 24 heavy (non-hydrogen) atoms. The number of ketones is 1. The highest BCUT2D eigenvalue weighted by Gasteiger charge is 2.32. The maximum Gasteiger partial charge on any atom is 0.225 e. The lowest BCUT2D eigenvalue weighted by molar-refractivity contribution is -0.138. The van der Waals surface area contributed by atoms with E-state index in [2.05, 4.69) is 0 Å². The van der Waals surface area contributed by atoms with Gasteiger partial charge in [-0.25, -0.2) is 0 Å². The van der Waals surface area contributed by atoms with Gasteiger partial charge in [-0.3, -0.25) is 9.59 Å². The molecule has 0 bridgehead atoms. The number of carbonyl (C=O) groups excluding carboxylic acids is 2. The third-order valence-electron chi connectivity index (χ3n) is 5.51. The van der Waals surface area contributed by atoms with Crippen molar-refractivity contribution in [2.24, 2.45) is 11.8 Å². The second-order valence-corrected chi connectivity index (χ2v) is 7.72. The van der Waals surface area contributed by atoms with E-state index in [1.54, 1.807) is 6.07 Å². The molecule has 1 amide bonds. The number of carbonyl (C=O) groups is 2. The number of amides is 1. The Morgan fingerprint density at radius 3 is 2.46 bits per heavy atom. The summed E-state index contributed by atoms with van der Waals surface area (Å²) in [5.74, 6) is 0.543. The topological polar surface area (TPSA) is 37.4 Å². The first-order valence-corrected chi connectivity index (χ1v) is 9.53. The van der Waals surface area contributed by atoms with Gasteiger partial charge in [-0.2, -0.15) is 0 Å². The molecular formula is C20H26ClNO2. The summed E-state index contributed by atoms with van der Waals surface area (Å²) in [5, 5.41) is 0.654. The summed E-state index contributed by atoms with van der Waals surface area (Å²) >= 11 is 5.99. The molecule has 1 aromatic carbocycles. The molecule has 1 saturated heterocycles. The highest BCUT2D eigenvalue weighted by atomic mass is 35.5. The molecule has 1 unspecified atom stereocenters. The standard InChI is InChI=1S/C20H26ClNO2/c1-14-12-17(21)9-10-18(14)19(23)16-8-5-11-22(13-16)20(24)15-6-3-2-4-7-15/h9-10,12,15-16H,2-8,11,13H2,1H3. The largest absolute Gasteiger partial charge is 0.342 e. The van der Waals surface area contributed by atoms with Gasteiger partial charge >= 0.3 is 0 Å². The molecule has 1 atom stereocenters. The number of hydrogen-bond donors (Lipinski definition) is 0. The van der Waals surface area contributed by atoms with Crippen molar-refractivity contribution < 1.29 is 9.59 Å². The van der Waals surface area contributed by atoms with Crippen molar-refractivity contribution in [1.29, 1.82) is 0 Å². The Kier molecular flexibility index (Phi) is 5.60. The van der Waals surface area contributed by atoms with Gasteiger partial charge in [0.1, 0.15) is 0 Å². The summed E-state index contributed by atoms with van der Waals surface area (Å²) in [6.07, 6.45) is 7.40. The molecule has 0 spiro atoms. The van der Waals surface area contributed by atoms with Crippen LogP contribution in [0.4, 0.5) is 0 Å². The third kappa shape index (κ3) is 3.83. The van der Waals surface area contributed by atoms with Gasteiger partial charge in [0, 0.05) is 35.5 Å². The first-order chi connectivity index (χ1) is 11.6. The highest BCUT2D eigenvalue weighted by Crippen LogP contribution is 2.29. The minimum Gasteiger partial charge on any atom is -0.342 e. The molecule has 1 heterocycles. The van der Waals surface area contributed by atoms with Crippen molar-refractivity contribution in [3.05, 3.63) is 34.3 Å². The Morgan fingerprint density at radius 1 is 1.04 bits per heavy atom. The molecule has 3 nitrogen and oxygen atoms in total. The van der Waals surface area contributed by atoms with Gasteiger partial charge in [0.15, 0.2) is 5.78 Å². The Hall–Kier alpha value is -1.35. The van der Waals surface area contributed by atoms with E-state index in [-0.39, 0.29) is 23.5 Å². The molecule has 1 saturated carbocycles. The van der Waals surface area contributed by atoms with Crippen molar-refractivity contribution in [2.45, 2.75) is 51.9 Å². The minimum atomic E-state index is -0.0776. The van der Waals surface area contributed by atoms with Crippen molar-refractivity contribution in [2.75, 3.05) is 13.1 Å². The molecule has 2 aliphatic rings. The van der Waals surface area contributed by atoms with Crippen LogP contribution in [0.5, 0.6) is 0 Å². The van der Waals surface area contributed by atoms with Crippen LogP contribution < -0.4 is 0 Å². The zero-order chi connectivity index (χ0) is 17.1. The zero-order valence-corrected chi connectivity index (χ0v) is 15.1. The normalized spacial score (nSPS) is 22.4. The molecule has 1 aromatic rings. The lowest BCUT2D eigenvalue weighted by atomic mass is 9.85. The van der Waals surface area contributed by atoms with E-state index in [4.69, 9.17) is 11.6 Å². The number of aryl methyl sites for hydroxylation is 1. The summed E-state index contributed by atoms with van der Waals surface area (Å²) < 4.78 is 0. The van der Waals surface area contributed by atoms with E-state index in [9.17, 15) is 9.59 Å². The molecule has 2 fully saturated rings. The quantitative estimate of drug-likeness (QED) is 0.746. The lowest BCUT2D eigenvalue weighted by Crippen LogP contribution is -2.45. The van der Waals surface area contributed by atoms with Gasteiger partial charge in [-0.15, -0.1) is 0 Å². The number of benzene rings is 1. The van der Waals surface area contributed by atoms with Gasteiger partial charge in [-0.1, -0.05) is 30.9 Å². The van der Waals surface area contributed by atoms with E-state index in [0.29, 0.717) is 11.6 Å². The first-order valence-electron chi connectivity index (χ1n) is 9.15. The second-order valence-electron chi connectivity index (χ2n) is 7.28. The van der Waals surface area contributed by atoms with Crippen LogP contribution in [0.3, 0.4) is 0 Å². The van der Waals surface area contributed by atoms with Crippen LogP contribution in [0.1, 0.15) is 60.9 Å². The van der Waals surface area contributed by atoms with Crippen LogP contribution in [-0.2, 0) is 4.79 Å². The van der Waals surface area contributed by atoms with Crippen molar-refractivity contribution in [3.63, 3.8) is 0 Å². The fourth-order valence-corrected chi connectivity index (χ4v) is 4.35. The molecule has 1 aliphatic heterocycles. The number of nitrogens with zero attached hydrogens (tertiary/aromatic N) is 1. The maximum absolute atomic E-state index is 12.9. The number of hydrogen-bond acceptors (Lipinski definition) is 2. The Balaban J connectivity index is 1.68. The number of rotatable bonds is 3. The fourth-order valence-electron chi connectivity index (χ4n) is 4.12. The van der Waals surface area contributed by atoms with Gasteiger partial charge in [0.25, 0.3) is 0 Å². The zero-order valence-electron chi connectivity index (χ0n) is 14.4. The van der Waals surface area contributed by atoms with Gasteiger partial charge in [0.05, 0.1) is 0 Å². The number of piperidine rings is 1. The first kappa shape index (κ1) is 17.5. The number of halogens is 1. The summed E-state index contributed by atoms with van der Waals surface area (Å²) in [4.78, 5) is 27.6. The van der Waals surface area contributed by atoms with Crippen LogP contribution in [-0.4, -0.2) is 29.7 Å². The van der Waals surface area contributed by atoms with Gasteiger partial charge < -0.3 is 4.90 Å². The molecule has 0 N–H and O–H groups in total. The van der Waals surface area contributed by atoms with Gasteiger partial charge in [-0.05, 0) is 56.4 Å². The second kappa shape index (κ2) is 7.69. The number of likely N-dealkylation sites (tertiary alicyclic amines) is 1. The van der Waals surface area contributed by atoms with Crippen molar-refractivity contribution in [1.82, 2.24) is 4.90 Å². The van der Waals surface area contributed by atoms with Crippen molar-refractivity contribution >= 4 is 23.3 Å². The smallest absolute Gasteiger partial charge is 0.225 e. The molecule has 0 radical (unpaired) electrons. The maximum atomic E-state index is 12.9. The van der Waals surface area contributed by atoms with E-state index < -0.39 is 0 Å². The van der Waals surface area contributed by atoms with Crippen LogP contribution in [0, 0.1) is 18.8 Å². The molecule has 3 rings (SSSR count). The molecule has 4 heteroatoms. The Bertz CT molecular complexity index is 622. The minimum absolute atomic E-state index is 0.0776. The van der Waals surface area contributed by atoms with Crippen LogP contribution in [0.15, 0.2) is 18.2 Å². The van der Waals surface area contributed by atoms with Gasteiger partial charge in [0.2, 0.25) is 5.91 Å². The number of Topliss-reactive ketones (excluding diaryl/α,β-unsaturated/α-hetero) is 1. The molecular weight excluding hydrogens is 322 g/mol. The highest BCUT2D eigenvalue weighted by molar-refractivity contribution is 6.30. The van der Waals surface area contributed by atoms with Crippen LogP contribution in [0.25, 0.3) is 0 Å². The average molecular weight is 348 g/mol. The summed E-state index contributed by atoms with van der Waals surface area (Å²) in [6, 6.07) is 5.43. The van der Waals surface area contributed by atoms with Crippen LogP contribution in [0.2, 0.25) is 5.02 Å². The van der Waals surface area contributed by atoms with Crippen molar-refractivity contribution in [3.8, 4) is 0 Å². The SMILES string of the molecule is Cc1cc(Cl)ccc1C(=O)C1CCCN(C(=O)C2CCCCC2)C1. The van der Waals surface area contributed by atoms with Crippen LogP contribution >= 0.6 is 11.6 Å². The molecule has 130 valence electrons. The summed E-state index contributed by atoms with van der Waals surface area (Å²) in [7, 11) is 0. The fraction of sp³-hybridized carbons (Fsp3) is 0.600.